The summed E-state index contributed by atoms with van der Waals surface area (Å²) in [5, 5.41) is 0. The molecule has 0 aliphatic rings. The third-order valence-corrected chi connectivity index (χ3v) is 4.87. The van der Waals surface area contributed by atoms with Crippen molar-refractivity contribution < 1.29 is 34.7 Å². The Bertz CT molecular complexity index is 628. The Morgan fingerprint density at radius 1 is 1.06 bits per heavy atom. The smallest absolute Gasteiger partial charge is 0.280 e. The molecule has 0 bridgehead atoms. The lowest BCUT2D eigenvalue weighted by Gasteiger charge is -2.19. The highest BCUT2D eigenvalue weighted by Crippen LogP contribution is 2.33. The average molecular weight is 305 g/mol. The lowest BCUT2D eigenvalue weighted by molar-refractivity contribution is 0.163. The molecule has 1 N–H and O–H groups in total. The first kappa shape index (κ1) is 14.7. The van der Waals surface area contributed by atoms with Crippen LogP contribution in [0.2, 0.25) is 0 Å². The fourth-order valence-electron chi connectivity index (χ4n) is 0.910. The van der Waals surface area contributed by atoms with Gasteiger partial charge in [0.05, 0.1) is 5.69 Å². The summed E-state index contributed by atoms with van der Waals surface area (Å²) in [6, 6.07) is 5.27. The molecular weight excluding hydrogens is 299 g/mol. The van der Waals surface area contributed by atoms with Crippen LogP contribution in [0.4, 0.5) is 18.9 Å². The number of benzene rings is 1. The SMILES string of the molecule is O=S(=O)(O)C(F)(F)S(=O)(=O)N(F)c1ccccc1. The van der Waals surface area contributed by atoms with Gasteiger partial charge in [-0.05, 0) is 12.1 Å². The number of rotatable bonds is 4. The number of alkyl halides is 2. The predicted molar refractivity (Wildman–Crippen MR) is 55.4 cm³/mol. The topological polar surface area (TPSA) is 91.7 Å². The summed E-state index contributed by atoms with van der Waals surface area (Å²) in [6.45, 7) is 0. The summed E-state index contributed by atoms with van der Waals surface area (Å²) >= 11 is 0. The third-order valence-electron chi connectivity index (χ3n) is 1.77. The maximum atomic E-state index is 13.3. The van der Waals surface area contributed by atoms with E-state index in [2.05, 4.69) is 0 Å². The molecule has 18 heavy (non-hydrogen) atoms. The van der Waals surface area contributed by atoms with Crippen molar-refractivity contribution in [1.29, 1.82) is 0 Å². The van der Waals surface area contributed by atoms with Crippen molar-refractivity contribution >= 4 is 25.8 Å². The lowest BCUT2D eigenvalue weighted by Crippen LogP contribution is -2.44. The van der Waals surface area contributed by atoms with Gasteiger partial charge in [0, 0.05) is 0 Å². The number of sulfonamides is 1. The molecule has 0 aliphatic carbocycles. The van der Waals surface area contributed by atoms with Gasteiger partial charge in [0.25, 0.3) is 0 Å². The van der Waals surface area contributed by atoms with Gasteiger partial charge in [0.2, 0.25) is 0 Å². The van der Waals surface area contributed by atoms with Gasteiger partial charge in [0.1, 0.15) is 0 Å². The van der Waals surface area contributed by atoms with Crippen LogP contribution in [0, 0.1) is 0 Å². The number of nitrogens with zero attached hydrogens (tertiary/aromatic N) is 1. The number of anilines is 1. The summed E-state index contributed by atoms with van der Waals surface area (Å²) in [6.07, 6.45) is 0. The summed E-state index contributed by atoms with van der Waals surface area (Å²) in [5.74, 6) is 0. The molecule has 1 aromatic rings. The Balaban J connectivity index is 3.33. The quantitative estimate of drug-likeness (QED) is 0.665. The van der Waals surface area contributed by atoms with E-state index in [1.165, 1.54) is 6.07 Å². The van der Waals surface area contributed by atoms with Crippen molar-refractivity contribution in [3.8, 4) is 0 Å². The first-order chi connectivity index (χ1) is 8.02. The fourth-order valence-corrected chi connectivity index (χ4v) is 2.76. The van der Waals surface area contributed by atoms with E-state index < -0.39 is 34.9 Å². The fraction of sp³-hybridized carbons (Fsp3) is 0.143. The minimum Gasteiger partial charge on any atom is -0.280 e. The first-order valence-electron chi connectivity index (χ1n) is 4.12. The normalized spacial score (nSPS) is 13.3. The largest absolute Gasteiger partial charge is 0.492 e. The minimum absolute atomic E-state index is 0.817. The molecule has 0 saturated carbocycles. The second-order valence-electron chi connectivity index (χ2n) is 2.99. The number of hydrogen-bond donors (Lipinski definition) is 1. The molecule has 0 aromatic heterocycles. The predicted octanol–water partition coefficient (Wildman–Crippen LogP) is 1.15. The van der Waals surface area contributed by atoms with Gasteiger partial charge >= 0.3 is 24.7 Å². The van der Waals surface area contributed by atoms with Crippen LogP contribution in [0.25, 0.3) is 0 Å². The van der Waals surface area contributed by atoms with E-state index in [1.54, 1.807) is 0 Å². The van der Waals surface area contributed by atoms with Gasteiger partial charge in [-0.2, -0.15) is 25.6 Å². The molecule has 6 nitrogen and oxygen atoms in total. The molecule has 0 amide bonds. The molecule has 1 rings (SSSR count). The summed E-state index contributed by atoms with van der Waals surface area (Å²) in [7, 11) is -12.6. The Labute approximate surface area is 100 Å². The van der Waals surface area contributed by atoms with Crippen LogP contribution in [-0.2, 0) is 20.1 Å². The Morgan fingerprint density at radius 2 is 1.50 bits per heavy atom. The van der Waals surface area contributed by atoms with E-state index >= 15 is 0 Å². The van der Waals surface area contributed by atoms with Crippen molar-refractivity contribution in [1.82, 2.24) is 0 Å². The van der Waals surface area contributed by atoms with E-state index in [0.29, 0.717) is 0 Å². The van der Waals surface area contributed by atoms with Gasteiger partial charge in [-0.25, -0.2) is 0 Å². The lowest BCUT2D eigenvalue weighted by atomic mass is 10.3. The highest BCUT2D eigenvalue weighted by Gasteiger charge is 2.61. The second-order valence-corrected chi connectivity index (χ2v) is 6.50. The molecule has 11 heteroatoms. The monoisotopic (exact) mass is 305 g/mol. The molecule has 0 unspecified atom stereocenters. The van der Waals surface area contributed by atoms with E-state index in [4.69, 9.17) is 4.55 Å². The standard InChI is InChI=1S/C7H6F3NO5S2/c8-7(9,18(14,15)16)17(12,13)11(10)6-4-2-1-3-5-6/h1-5H,(H,14,15,16). The summed E-state index contributed by atoms with van der Waals surface area (Å²) in [4.78, 5) is 0. The Hall–Kier alpha value is -1.33. The molecule has 0 atom stereocenters. The Morgan fingerprint density at radius 3 is 1.89 bits per heavy atom. The highest BCUT2D eigenvalue weighted by molar-refractivity contribution is 8.08. The zero-order valence-corrected chi connectivity index (χ0v) is 10.00. The van der Waals surface area contributed by atoms with Crippen LogP contribution < -0.4 is 4.53 Å². The molecular formula is C7H6F3NO5S2. The van der Waals surface area contributed by atoms with Crippen LogP contribution in [0.1, 0.15) is 0 Å². The van der Waals surface area contributed by atoms with Crippen molar-refractivity contribution in [3.63, 3.8) is 0 Å². The average Bonchev–Trinajstić information content (AvgIpc) is 2.27. The molecule has 1 aromatic carbocycles. The van der Waals surface area contributed by atoms with Crippen molar-refractivity contribution in [3.05, 3.63) is 30.3 Å². The number of para-hydroxylation sites is 1. The number of halogens is 3. The van der Waals surface area contributed by atoms with Crippen LogP contribution in [-0.4, -0.2) is 26.0 Å². The van der Waals surface area contributed by atoms with E-state index in [9.17, 15) is 30.1 Å². The molecule has 0 radical (unpaired) electrons. The number of hydrogen-bond acceptors (Lipinski definition) is 4. The van der Waals surface area contributed by atoms with E-state index in [0.717, 1.165) is 24.3 Å². The zero-order valence-electron chi connectivity index (χ0n) is 8.36. The summed E-state index contributed by atoms with van der Waals surface area (Å²) < 4.78 is 82.9. The van der Waals surface area contributed by atoms with Crippen molar-refractivity contribution in [2.75, 3.05) is 4.53 Å². The molecule has 102 valence electrons. The molecule has 0 fully saturated rings. The van der Waals surface area contributed by atoms with Gasteiger partial charge in [0.15, 0.2) is 0 Å². The van der Waals surface area contributed by atoms with Crippen LogP contribution in [0.5, 0.6) is 0 Å². The maximum absolute atomic E-state index is 13.3. The van der Waals surface area contributed by atoms with E-state index in [-0.39, 0.29) is 0 Å². The second kappa shape index (κ2) is 4.40. The molecule has 0 saturated heterocycles. The zero-order chi connectivity index (χ0) is 14.2. The first-order valence-corrected chi connectivity index (χ1v) is 7.00. The van der Waals surface area contributed by atoms with Crippen LogP contribution in [0.3, 0.4) is 0 Å². The van der Waals surface area contributed by atoms with Gasteiger partial charge < -0.3 is 0 Å². The van der Waals surface area contributed by atoms with E-state index in [1.807, 2.05) is 0 Å². The molecule has 0 spiro atoms. The van der Waals surface area contributed by atoms with Gasteiger partial charge in [-0.3, -0.25) is 4.55 Å². The highest BCUT2D eigenvalue weighted by atomic mass is 32.3. The van der Waals surface area contributed by atoms with Crippen LogP contribution in [0.15, 0.2) is 30.3 Å². The van der Waals surface area contributed by atoms with Gasteiger partial charge in [-0.1, -0.05) is 27.2 Å². The molecule has 0 heterocycles. The van der Waals surface area contributed by atoms with Crippen molar-refractivity contribution in [2.45, 2.75) is 4.59 Å². The minimum atomic E-state index is -6.32. The Kier molecular flexibility index (Phi) is 3.60. The maximum Gasteiger partial charge on any atom is 0.492 e. The third kappa shape index (κ3) is 2.28. The van der Waals surface area contributed by atoms with Crippen molar-refractivity contribution in [2.24, 2.45) is 0 Å². The summed E-state index contributed by atoms with van der Waals surface area (Å²) in [5.41, 5.74) is -0.833. The van der Waals surface area contributed by atoms with Gasteiger partial charge in [-0.15, -0.1) is 0 Å². The van der Waals surface area contributed by atoms with Crippen LogP contribution >= 0.6 is 0 Å². The molecule has 0 aliphatic heterocycles.